The molecule has 1 unspecified atom stereocenters. The molecular formula is C13H29NO2. The van der Waals surface area contributed by atoms with E-state index in [0.29, 0.717) is 5.92 Å². The Hall–Kier alpha value is -0.730. The summed E-state index contributed by atoms with van der Waals surface area (Å²) in [6, 6.07) is 0.171. The Balaban J connectivity index is 0. The van der Waals surface area contributed by atoms with Gasteiger partial charge in [-0.25, -0.2) is 4.79 Å². The molecule has 16 heavy (non-hydrogen) atoms. The van der Waals surface area contributed by atoms with E-state index in [-0.39, 0.29) is 12.1 Å². The Morgan fingerprint density at radius 2 is 1.62 bits per heavy atom. The molecule has 0 aromatic heterocycles. The number of amides is 1. The predicted molar refractivity (Wildman–Crippen MR) is 69.6 cm³/mol. The molecule has 1 atom stereocenters. The number of rotatable bonds is 3. The lowest BCUT2D eigenvalue weighted by Gasteiger charge is -2.22. The van der Waals surface area contributed by atoms with Crippen molar-refractivity contribution in [2.45, 2.75) is 73.5 Å². The summed E-state index contributed by atoms with van der Waals surface area (Å²) in [5.41, 5.74) is -0.415. The molecule has 0 aliphatic rings. The maximum Gasteiger partial charge on any atom is 0.407 e. The van der Waals surface area contributed by atoms with Crippen molar-refractivity contribution < 1.29 is 9.53 Å². The highest BCUT2D eigenvalue weighted by molar-refractivity contribution is 5.67. The smallest absolute Gasteiger partial charge is 0.407 e. The Labute approximate surface area is 101 Å². The van der Waals surface area contributed by atoms with E-state index in [4.69, 9.17) is 4.74 Å². The molecule has 0 saturated carbocycles. The number of carbonyl (C=O) groups is 1. The average molecular weight is 231 g/mol. The van der Waals surface area contributed by atoms with Crippen molar-refractivity contribution in [1.82, 2.24) is 5.32 Å². The van der Waals surface area contributed by atoms with Crippen molar-refractivity contribution in [1.29, 1.82) is 0 Å². The van der Waals surface area contributed by atoms with Gasteiger partial charge >= 0.3 is 6.09 Å². The van der Waals surface area contributed by atoms with Gasteiger partial charge in [0.2, 0.25) is 0 Å². The van der Waals surface area contributed by atoms with Gasteiger partial charge in [-0.3, -0.25) is 0 Å². The zero-order valence-corrected chi connectivity index (χ0v) is 12.2. The highest BCUT2D eigenvalue weighted by atomic mass is 16.6. The molecular weight excluding hydrogens is 202 g/mol. The zero-order valence-electron chi connectivity index (χ0n) is 12.2. The van der Waals surface area contributed by atoms with E-state index in [0.717, 1.165) is 6.42 Å². The Morgan fingerprint density at radius 3 is 1.94 bits per heavy atom. The second-order valence-corrected chi connectivity index (χ2v) is 5.18. The first-order valence-corrected chi connectivity index (χ1v) is 6.20. The van der Waals surface area contributed by atoms with Crippen LogP contribution in [0.1, 0.15) is 61.8 Å². The fourth-order valence-corrected chi connectivity index (χ4v) is 1.27. The molecule has 0 radical (unpaired) electrons. The number of carbonyl (C=O) groups excluding carboxylic acids is 1. The van der Waals surface area contributed by atoms with Gasteiger partial charge in [-0.15, -0.1) is 0 Å². The standard InChI is InChI=1S/C11H23NO2.C2H6/c1-8(2)7-9(3)12-10(13)14-11(4,5)6;1-2/h8-9H,7H2,1-6H3,(H,12,13);1-2H3. The first-order chi connectivity index (χ1) is 7.20. The van der Waals surface area contributed by atoms with Crippen LogP contribution in [0.2, 0.25) is 0 Å². The first kappa shape index (κ1) is 17.7. The molecule has 0 aliphatic carbocycles. The van der Waals surface area contributed by atoms with E-state index in [2.05, 4.69) is 19.2 Å². The Morgan fingerprint density at radius 1 is 1.19 bits per heavy atom. The van der Waals surface area contributed by atoms with Crippen LogP contribution in [0.4, 0.5) is 4.79 Å². The van der Waals surface area contributed by atoms with Gasteiger partial charge in [0.1, 0.15) is 5.60 Å². The Kier molecular flexibility index (Phi) is 9.30. The van der Waals surface area contributed by atoms with Crippen molar-refractivity contribution in [3.8, 4) is 0 Å². The van der Waals surface area contributed by atoms with Crippen molar-refractivity contribution in [3.05, 3.63) is 0 Å². The molecule has 3 nitrogen and oxygen atoms in total. The van der Waals surface area contributed by atoms with Gasteiger partial charge in [0.25, 0.3) is 0 Å². The van der Waals surface area contributed by atoms with Gasteiger partial charge in [-0.1, -0.05) is 27.7 Å². The predicted octanol–water partition coefficient (Wildman–Crippen LogP) is 3.97. The SMILES string of the molecule is CC.CC(C)CC(C)NC(=O)OC(C)(C)C. The van der Waals surface area contributed by atoms with Crippen molar-refractivity contribution in [3.63, 3.8) is 0 Å². The second kappa shape index (κ2) is 8.43. The number of ether oxygens (including phenoxy) is 1. The van der Waals surface area contributed by atoms with Gasteiger partial charge in [-0.2, -0.15) is 0 Å². The lowest BCUT2D eigenvalue weighted by atomic mass is 10.1. The number of hydrogen-bond acceptors (Lipinski definition) is 2. The van der Waals surface area contributed by atoms with Crippen LogP contribution >= 0.6 is 0 Å². The van der Waals surface area contributed by atoms with E-state index in [9.17, 15) is 4.79 Å². The lowest BCUT2D eigenvalue weighted by molar-refractivity contribution is 0.0503. The van der Waals surface area contributed by atoms with Gasteiger partial charge in [0.05, 0.1) is 0 Å². The van der Waals surface area contributed by atoms with Crippen molar-refractivity contribution in [2.24, 2.45) is 5.92 Å². The molecule has 3 heteroatoms. The molecule has 1 amide bonds. The van der Waals surface area contributed by atoms with Crippen LogP contribution in [-0.4, -0.2) is 17.7 Å². The summed E-state index contributed by atoms with van der Waals surface area (Å²) < 4.78 is 5.14. The number of alkyl carbamates (subject to hydrolysis) is 1. The fourth-order valence-electron chi connectivity index (χ4n) is 1.27. The lowest BCUT2D eigenvalue weighted by Crippen LogP contribution is -2.38. The van der Waals surface area contributed by atoms with Crippen LogP contribution in [0.25, 0.3) is 0 Å². The van der Waals surface area contributed by atoms with E-state index in [1.54, 1.807) is 0 Å². The quantitative estimate of drug-likeness (QED) is 0.798. The first-order valence-electron chi connectivity index (χ1n) is 6.20. The number of nitrogens with one attached hydrogen (secondary N) is 1. The summed E-state index contributed by atoms with van der Waals surface area (Å²) in [6.07, 6.45) is 0.643. The molecule has 0 spiro atoms. The van der Waals surface area contributed by atoms with E-state index in [1.807, 2.05) is 41.5 Å². The molecule has 0 aliphatic heterocycles. The number of hydrogen-bond donors (Lipinski definition) is 1. The highest BCUT2D eigenvalue weighted by Crippen LogP contribution is 2.08. The van der Waals surface area contributed by atoms with Gasteiger partial charge < -0.3 is 10.1 Å². The largest absolute Gasteiger partial charge is 0.444 e. The maximum absolute atomic E-state index is 11.3. The van der Waals surface area contributed by atoms with Gasteiger partial charge in [0, 0.05) is 6.04 Å². The third-order valence-corrected chi connectivity index (χ3v) is 1.59. The molecule has 98 valence electrons. The van der Waals surface area contributed by atoms with E-state index >= 15 is 0 Å². The molecule has 0 aromatic rings. The third kappa shape index (κ3) is 13.3. The van der Waals surface area contributed by atoms with Crippen LogP contribution in [-0.2, 0) is 4.74 Å². The van der Waals surface area contributed by atoms with Crippen molar-refractivity contribution in [2.75, 3.05) is 0 Å². The zero-order chi connectivity index (χ0) is 13.4. The minimum Gasteiger partial charge on any atom is -0.444 e. The van der Waals surface area contributed by atoms with Crippen LogP contribution in [0, 0.1) is 5.92 Å². The molecule has 0 fully saturated rings. The fraction of sp³-hybridized carbons (Fsp3) is 0.923. The van der Waals surface area contributed by atoms with E-state index < -0.39 is 5.60 Å². The highest BCUT2D eigenvalue weighted by Gasteiger charge is 2.17. The van der Waals surface area contributed by atoms with Crippen LogP contribution < -0.4 is 5.32 Å². The maximum atomic E-state index is 11.3. The summed E-state index contributed by atoms with van der Waals surface area (Å²) in [7, 11) is 0. The molecule has 0 heterocycles. The Bertz CT molecular complexity index is 183. The van der Waals surface area contributed by atoms with Crippen LogP contribution in [0.5, 0.6) is 0 Å². The van der Waals surface area contributed by atoms with Crippen LogP contribution in [0.15, 0.2) is 0 Å². The second-order valence-electron chi connectivity index (χ2n) is 5.18. The summed E-state index contributed by atoms with van der Waals surface area (Å²) in [6.45, 7) is 15.8. The minimum absolute atomic E-state index is 0.171. The van der Waals surface area contributed by atoms with E-state index in [1.165, 1.54) is 0 Å². The average Bonchev–Trinajstić information content (AvgIpc) is 2.01. The summed E-state index contributed by atoms with van der Waals surface area (Å²) in [5.74, 6) is 0.583. The summed E-state index contributed by atoms with van der Waals surface area (Å²) in [5, 5.41) is 2.81. The third-order valence-electron chi connectivity index (χ3n) is 1.59. The minimum atomic E-state index is -0.415. The normalized spacial score (nSPS) is 12.6. The van der Waals surface area contributed by atoms with Gasteiger partial charge in [-0.05, 0) is 40.0 Å². The van der Waals surface area contributed by atoms with Crippen molar-refractivity contribution >= 4 is 6.09 Å². The van der Waals surface area contributed by atoms with Gasteiger partial charge in [0.15, 0.2) is 0 Å². The summed E-state index contributed by atoms with van der Waals surface area (Å²) in [4.78, 5) is 11.3. The molecule has 1 N–H and O–H groups in total. The summed E-state index contributed by atoms with van der Waals surface area (Å²) >= 11 is 0. The monoisotopic (exact) mass is 231 g/mol. The molecule has 0 bridgehead atoms. The molecule has 0 rings (SSSR count). The topological polar surface area (TPSA) is 38.3 Å². The molecule has 0 aromatic carbocycles. The van der Waals surface area contributed by atoms with Crippen LogP contribution in [0.3, 0.4) is 0 Å². The molecule has 0 saturated heterocycles.